The van der Waals surface area contributed by atoms with Gasteiger partial charge in [0.1, 0.15) is 6.54 Å². The Bertz CT molecular complexity index is 588. The smallest absolute Gasteiger partial charge is 0.265 e. The molecule has 0 atom stereocenters. The number of carbonyl (C=O) groups excluding carboxylic acids is 2. The van der Waals surface area contributed by atoms with Gasteiger partial charge in [0.25, 0.3) is 5.91 Å². The average Bonchev–Trinajstić information content (AvgIpc) is 2.56. The SMILES string of the molecule is CCCCNC(=O)CN1C(=O)COc2c(OC)cc(CO)cc21. The summed E-state index contributed by atoms with van der Waals surface area (Å²) in [5, 5.41) is 12.1. The Balaban J connectivity index is 2.24. The van der Waals surface area contributed by atoms with Crippen molar-refractivity contribution in [2.75, 3.05) is 31.7 Å². The van der Waals surface area contributed by atoms with Crippen LogP contribution in [0.5, 0.6) is 11.5 Å². The average molecular weight is 322 g/mol. The molecule has 0 saturated carbocycles. The van der Waals surface area contributed by atoms with E-state index in [0.29, 0.717) is 29.3 Å². The number of carbonyl (C=O) groups is 2. The Morgan fingerprint density at radius 1 is 1.48 bits per heavy atom. The van der Waals surface area contributed by atoms with Crippen LogP contribution in [0.2, 0.25) is 0 Å². The lowest BCUT2D eigenvalue weighted by Crippen LogP contribution is -2.45. The quantitative estimate of drug-likeness (QED) is 0.726. The molecule has 1 heterocycles. The lowest BCUT2D eigenvalue weighted by molar-refractivity contribution is -0.125. The van der Waals surface area contributed by atoms with Crippen LogP contribution in [0.25, 0.3) is 0 Å². The highest BCUT2D eigenvalue weighted by molar-refractivity contribution is 6.02. The van der Waals surface area contributed by atoms with Gasteiger partial charge < -0.3 is 19.9 Å². The number of amides is 2. The summed E-state index contributed by atoms with van der Waals surface area (Å²) in [7, 11) is 1.48. The number of unbranched alkanes of at least 4 members (excludes halogenated alkanes) is 1. The zero-order chi connectivity index (χ0) is 16.8. The van der Waals surface area contributed by atoms with Gasteiger partial charge >= 0.3 is 0 Å². The minimum absolute atomic E-state index is 0.0864. The van der Waals surface area contributed by atoms with Crippen molar-refractivity contribution >= 4 is 17.5 Å². The van der Waals surface area contributed by atoms with Gasteiger partial charge in [-0.15, -0.1) is 0 Å². The van der Waals surface area contributed by atoms with Crippen LogP contribution in [0.4, 0.5) is 5.69 Å². The fraction of sp³-hybridized carbons (Fsp3) is 0.500. The molecule has 2 amide bonds. The molecule has 126 valence electrons. The lowest BCUT2D eigenvalue weighted by atomic mass is 10.1. The summed E-state index contributed by atoms with van der Waals surface area (Å²) in [6.07, 6.45) is 1.87. The molecule has 0 aromatic heterocycles. The highest BCUT2D eigenvalue weighted by atomic mass is 16.5. The van der Waals surface area contributed by atoms with E-state index in [2.05, 4.69) is 5.32 Å². The monoisotopic (exact) mass is 322 g/mol. The van der Waals surface area contributed by atoms with Gasteiger partial charge in [0.05, 0.1) is 19.4 Å². The Kier molecular flexibility index (Phi) is 5.81. The molecule has 1 aliphatic rings. The van der Waals surface area contributed by atoms with Crippen molar-refractivity contribution in [2.24, 2.45) is 0 Å². The zero-order valence-corrected chi connectivity index (χ0v) is 13.4. The van der Waals surface area contributed by atoms with Crippen molar-refractivity contribution in [1.29, 1.82) is 0 Å². The van der Waals surface area contributed by atoms with Gasteiger partial charge in [-0.25, -0.2) is 0 Å². The molecule has 2 N–H and O–H groups in total. The standard InChI is InChI=1S/C16H22N2O5/c1-3-4-5-17-14(20)8-18-12-6-11(9-19)7-13(22-2)16(12)23-10-15(18)21/h6-7,19H,3-5,8-10H2,1-2H3,(H,17,20). The second-order valence-corrected chi connectivity index (χ2v) is 5.28. The molecular formula is C16H22N2O5. The Morgan fingerprint density at radius 3 is 2.91 bits per heavy atom. The minimum Gasteiger partial charge on any atom is -0.493 e. The van der Waals surface area contributed by atoms with Gasteiger partial charge in [0.15, 0.2) is 18.1 Å². The van der Waals surface area contributed by atoms with Gasteiger partial charge in [-0.05, 0) is 24.1 Å². The number of ether oxygens (including phenoxy) is 2. The van der Waals surface area contributed by atoms with E-state index >= 15 is 0 Å². The zero-order valence-electron chi connectivity index (χ0n) is 13.4. The number of aliphatic hydroxyl groups excluding tert-OH is 1. The molecule has 0 radical (unpaired) electrons. The van der Waals surface area contributed by atoms with Crippen molar-refractivity contribution in [3.8, 4) is 11.5 Å². The third-order valence-electron chi connectivity index (χ3n) is 3.58. The van der Waals surface area contributed by atoms with Crippen molar-refractivity contribution in [3.05, 3.63) is 17.7 Å². The van der Waals surface area contributed by atoms with E-state index in [1.807, 2.05) is 6.92 Å². The van der Waals surface area contributed by atoms with E-state index in [4.69, 9.17) is 9.47 Å². The largest absolute Gasteiger partial charge is 0.493 e. The molecule has 1 aromatic carbocycles. The van der Waals surface area contributed by atoms with Gasteiger partial charge in [-0.1, -0.05) is 13.3 Å². The lowest BCUT2D eigenvalue weighted by Gasteiger charge is -2.30. The van der Waals surface area contributed by atoms with E-state index in [9.17, 15) is 14.7 Å². The molecule has 0 unspecified atom stereocenters. The number of benzene rings is 1. The topological polar surface area (TPSA) is 88.1 Å². The summed E-state index contributed by atoms with van der Waals surface area (Å²) in [6.45, 7) is 2.19. The number of anilines is 1. The molecule has 1 aliphatic heterocycles. The molecule has 1 aromatic rings. The fourth-order valence-electron chi connectivity index (χ4n) is 2.36. The molecule has 0 aliphatic carbocycles. The number of methoxy groups -OCH3 is 1. The molecule has 0 spiro atoms. The molecule has 2 rings (SSSR count). The second kappa shape index (κ2) is 7.82. The van der Waals surface area contributed by atoms with Crippen LogP contribution in [0.3, 0.4) is 0 Å². The van der Waals surface area contributed by atoms with Crippen LogP contribution in [-0.2, 0) is 16.2 Å². The van der Waals surface area contributed by atoms with E-state index in [-0.39, 0.29) is 31.6 Å². The Hall–Kier alpha value is -2.28. The van der Waals surface area contributed by atoms with Crippen molar-refractivity contribution < 1.29 is 24.2 Å². The molecule has 7 heteroatoms. The fourth-order valence-corrected chi connectivity index (χ4v) is 2.36. The Labute approximate surface area is 135 Å². The maximum atomic E-state index is 12.1. The third kappa shape index (κ3) is 3.92. The third-order valence-corrected chi connectivity index (χ3v) is 3.58. The summed E-state index contributed by atoms with van der Waals surface area (Å²) >= 11 is 0. The number of hydrogen-bond acceptors (Lipinski definition) is 5. The summed E-state index contributed by atoms with van der Waals surface area (Å²) in [6, 6.07) is 3.28. The van der Waals surface area contributed by atoms with Gasteiger partial charge in [-0.2, -0.15) is 0 Å². The first-order chi connectivity index (χ1) is 11.1. The summed E-state index contributed by atoms with van der Waals surface area (Å²) in [5.41, 5.74) is 1.02. The minimum atomic E-state index is -0.305. The molecule has 0 fully saturated rings. The van der Waals surface area contributed by atoms with Crippen molar-refractivity contribution in [3.63, 3.8) is 0 Å². The molecule has 7 nitrogen and oxygen atoms in total. The van der Waals surface area contributed by atoms with E-state index in [1.165, 1.54) is 12.0 Å². The van der Waals surface area contributed by atoms with Crippen LogP contribution in [0.1, 0.15) is 25.3 Å². The van der Waals surface area contributed by atoms with E-state index in [1.54, 1.807) is 12.1 Å². The maximum absolute atomic E-state index is 12.1. The first-order valence-electron chi connectivity index (χ1n) is 7.62. The van der Waals surface area contributed by atoms with Crippen LogP contribution in [-0.4, -0.2) is 43.7 Å². The number of fused-ring (bicyclic) bond motifs is 1. The summed E-state index contributed by atoms with van der Waals surface area (Å²) in [4.78, 5) is 25.5. The van der Waals surface area contributed by atoms with Crippen LogP contribution in [0, 0.1) is 0 Å². The number of nitrogens with zero attached hydrogens (tertiary/aromatic N) is 1. The summed E-state index contributed by atoms with van der Waals surface area (Å²) < 4.78 is 10.7. The second-order valence-electron chi connectivity index (χ2n) is 5.28. The van der Waals surface area contributed by atoms with E-state index in [0.717, 1.165) is 12.8 Å². The maximum Gasteiger partial charge on any atom is 0.265 e. The number of hydrogen-bond donors (Lipinski definition) is 2. The van der Waals surface area contributed by atoms with Crippen LogP contribution < -0.4 is 19.7 Å². The molecule has 0 bridgehead atoms. The van der Waals surface area contributed by atoms with Gasteiger partial charge in [0, 0.05) is 6.54 Å². The molecule has 23 heavy (non-hydrogen) atoms. The molecule has 0 saturated heterocycles. The van der Waals surface area contributed by atoms with Crippen LogP contribution in [0.15, 0.2) is 12.1 Å². The first-order valence-corrected chi connectivity index (χ1v) is 7.62. The number of aliphatic hydroxyl groups is 1. The highest BCUT2D eigenvalue weighted by Crippen LogP contribution is 2.41. The summed E-state index contributed by atoms with van der Waals surface area (Å²) in [5.74, 6) is 0.300. The molecular weight excluding hydrogens is 300 g/mol. The Morgan fingerprint density at radius 2 is 2.26 bits per heavy atom. The normalized spacial score (nSPS) is 13.3. The van der Waals surface area contributed by atoms with Crippen LogP contribution >= 0.6 is 0 Å². The number of rotatable bonds is 7. The first kappa shape index (κ1) is 17.1. The predicted octanol–water partition coefficient (Wildman–Crippen LogP) is 0.829. The van der Waals surface area contributed by atoms with E-state index < -0.39 is 0 Å². The predicted molar refractivity (Wildman–Crippen MR) is 84.7 cm³/mol. The van der Waals surface area contributed by atoms with Gasteiger partial charge in [-0.3, -0.25) is 14.5 Å². The van der Waals surface area contributed by atoms with Gasteiger partial charge in [0.2, 0.25) is 5.91 Å². The van der Waals surface area contributed by atoms with Crippen molar-refractivity contribution in [1.82, 2.24) is 5.32 Å². The van der Waals surface area contributed by atoms with Crippen molar-refractivity contribution in [2.45, 2.75) is 26.4 Å². The highest BCUT2D eigenvalue weighted by Gasteiger charge is 2.30. The number of nitrogens with one attached hydrogen (secondary N) is 1.